The molecule has 2 N–H and O–H groups in total. The average Bonchev–Trinajstić information content (AvgIpc) is 2.59. The average molecular weight is 225 g/mol. The van der Waals surface area contributed by atoms with E-state index in [-0.39, 0.29) is 11.2 Å². The number of methoxy groups -OCH3 is 1. The Labute approximate surface area is 95.6 Å². The fraction of sp³-hybridized carbons (Fsp3) is 0.636. The van der Waals surface area contributed by atoms with Crippen molar-refractivity contribution < 1.29 is 9.53 Å². The summed E-state index contributed by atoms with van der Waals surface area (Å²) >= 11 is 0. The Bertz CT molecular complexity index is 383. The molecule has 0 spiro atoms. The molecule has 0 aromatic carbocycles. The molecule has 0 unspecified atom stereocenters. The van der Waals surface area contributed by atoms with Crippen LogP contribution in [0.1, 0.15) is 44.1 Å². The first-order chi connectivity index (χ1) is 7.44. The predicted molar refractivity (Wildman–Crippen MR) is 62.2 cm³/mol. The molecule has 0 aliphatic rings. The van der Waals surface area contributed by atoms with Gasteiger partial charge in [-0.2, -0.15) is 0 Å². The van der Waals surface area contributed by atoms with Gasteiger partial charge in [-0.05, 0) is 20.3 Å². The number of rotatable bonds is 4. The quantitative estimate of drug-likeness (QED) is 0.793. The number of imidazole rings is 1. The summed E-state index contributed by atoms with van der Waals surface area (Å²) in [5.41, 5.74) is 5.94. The Kier molecular flexibility index (Phi) is 3.57. The maximum absolute atomic E-state index is 11.4. The minimum atomic E-state index is -0.497. The zero-order valence-corrected chi connectivity index (χ0v) is 10.3. The molecule has 5 heteroatoms. The van der Waals surface area contributed by atoms with E-state index >= 15 is 0 Å². The number of hydrogen-bond acceptors (Lipinski definition) is 4. The molecule has 0 saturated heterocycles. The zero-order valence-electron chi connectivity index (χ0n) is 10.3. The molecule has 1 aromatic heterocycles. The first-order valence-corrected chi connectivity index (χ1v) is 5.35. The second kappa shape index (κ2) is 4.55. The largest absolute Gasteiger partial charge is 0.464 e. The number of hydrogen-bond donors (Lipinski definition) is 1. The normalized spacial score (nSPS) is 11.5. The Morgan fingerprint density at radius 1 is 1.62 bits per heavy atom. The maximum atomic E-state index is 11.4. The van der Waals surface area contributed by atoms with Gasteiger partial charge in [0.25, 0.3) is 0 Å². The van der Waals surface area contributed by atoms with Gasteiger partial charge in [-0.15, -0.1) is 0 Å². The van der Waals surface area contributed by atoms with Crippen molar-refractivity contribution in [2.45, 2.75) is 39.2 Å². The number of anilines is 1. The molecule has 1 rings (SSSR count). The summed E-state index contributed by atoms with van der Waals surface area (Å²) < 4.78 is 6.43. The Hall–Kier alpha value is -1.52. The van der Waals surface area contributed by atoms with Crippen LogP contribution in [-0.2, 0) is 10.3 Å². The summed E-state index contributed by atoms with van der Waals surface area (Å²) in [6.07, 6.45) is 3.60. The van der Waals surface area contributed by atoms with Crippen LogP contribution in [0.15, 0.2) is 6.33 Å². The number of carbonyl (C=O) groups is 1. The van der Waals surface area contributed by atoms with Gasteiger partial charge >= 0.3 is 5.97 Å². The van der Waals surface area contributed by atoms with E-state index in [1.54, 1.807) is 6.33 Å². The molecule has 0 atom stereocenters. The molecule has 0 saturated carbocycles. The molecule has 0 bridgehead atoms. The summed E-state index contributed by atoms with van der Waals surface area (Å²) in [6.45, 7) is 6.24. The Balaban J connectivity index is 3.09. The summed E-state index contributed by atoms with van der Waals surface area (Å²) in [5, 5.41) is 0. The minimum absolute atomic E-state index is 0.141. The van der Waals surface area contributed by atoms with Gasteiger partial charge in [0.1, 0.15) is 5.82 Å². The summed E-state index contributed by atoms with van der Waals surface area (Å²) in [4.78, 5) is 15.4. The van der Waals surface area contributed by atoms with E-state index < -0.39 is 5.97 Å². The van der Waals surface area contributed by atoms with Crippen molar-refractivity contribution in [1.29, 1.82) is 0 Å². The van der Waals surface area contributed by atoms with Gasteiger partial charge < -0.3 is 15.0 Å². The lowest BCUT2D eigenvalue weighted by molar-refractivity contribution is 0.0596. The molecular weight excluding hydrogens is 206 g/mol. The van der Waals surface area contributed by atoms with Crippen LogP contribution >= 0.6 is 0 Å². The van der Waals surface area contributed by atoms with Crippen molar-refractivity contribution in [1.82, 2.24) is 9.55 Å². The monoisotopic (exact) mass is 225 g/mol. The van der Waals surface area contributed by atoms with Crippen molar-refractivity contribution in [3.8, 4) is 0 Å². The van der Waals surface area contributed by atoms with E-state index in [0.717, 1.165) is 12.8 Å². The first kappa shape index (κ1) is 12.5. The van der Waals surface area contributed by atoms with Crippen molar-refractivity contribution in [3.63, 3.8) is 0 Å². The number of carbonyl (C=O) groups excluding carboxylic acids is 1. The molecule has 0 aliphatic heterocycles. The van der Waals surface area contributed by atoms with Gasteiger partial charge in [0.2, 0.25) is 0 Å². The van der Waals surface area contributed by atoms with E-state index in [9.17, 15) is 4.79 Å². The molecule has 5 nitrogen and oxygen atoms in total. The Morgan fingerprint density at radius 2 is 2.25 bits per heavy atom. The van der Waals surface area contributed by atoms with Crippen molar-refractivity contribution in [2.24, 2.45) is 0 Å². The lowest BCUT2D eigenvalue weighted by Gasteiger charge is -2.27. The molecule has 1 heterocycles. The van der Waals surface area contributed by atoms with Gasteiger partial charge in [0, 0.05) is 5.54 Å². The van der Waals surface area contributed by atoms with Crippen LogP contribution in [0.2, 0.25) is 0 Å². The highest BCUT2D eigenvalue weighted by atomic mass is 16.5. The number of nitrogens with zero attached hydrogens (tertiary/aromatic N) is 2. The van der Waals surface area contributed by atoms with Crippen molar-refractivity contribution >= 4 is 11.8 Å². The standard InChI is InChI=1S/C11H19N3O2/c1-5-6-11(2,3)14-7-13-8(9(14)12)10(15)16-4/h7H,5-6,12H2,1-4H3. The number of nitrogen functional groups attached to an aromatic ring is 1. The van der Waals surface area contributed by atoms with Crippen molar-refractivity contribution in [2.75, 3.05) is 12.8 Å². The number of esters is 1. The third-order valence-electron chi connectivity index (χ3n) is 2.70. The van der Waals surface area contributed by atoms with E-state index in [0.29, 0.717) is 5.82 Å². The highest BCUT2D eigenvalue weighted by Gasteiger charge is 2.25. The smallest absolute Gasteiger partial charge is 0.360 e. The lowest BCUT2D eigenvalue weighted by Crippen LogP contribution is -2.27. The summed E-state index contributed by atoms with van der Waals surface area (Å²) in [5.74, 6) is -0.131. The fourth-order valence-corrected chi connectivity index (χ4v) is 1.83. The molecule has 0 amide bonds. The summed E-state index contributed by atoms with van der Waals surface area (Å²) in [6, 6.07) is 0. The van der Waals surface area contributed by atoms with Crippen LogP contribution in [0.25, 0.3) is 0 Å². The topological polar surface area (TPSA) is 70.1 Å². The summed E-state index contributed by atoms with van der Waals surface area (Å²) in [7, 11) is 1.32. The first-order valence-electron chi connectivity index (χ1n) is 5.35. The fourth-order valence-electron chi connectivity index (χ4n) is 1.83. The van der Waals surface area contributed by atoms with Crippen LogP contribution in [-0.4, -0.2) is 22.6 Å². The van der Waals surface area contributed by atoms with Crippen LogP contribution < -0.4 is 5.73 Å². The SMILES string of the molecule is CCCC(C)(C)n1cnc(C(=O)OC)c1N. The van der Waals surface area contributed by atoms with Gasteiger partial charge in [-0.3, -0.25) is 0 Å². The molecule has 0 fully saturated rings. The molecule has 1 aromatic rings. The van der Waals surface area contributed by atoms with E-state index in [4.69, 9.17) is 5.73 Å². The number of ether oxygens (including phenoxy) is 1. The van der Waals surface area contributed by atoms with Gasteiger partial charge in [0.05, 0.1) is 13.4 Å². The van der Waals surface area contributed by atoms with Crippen LogP contribution in [0.5, 0.6) is 0 Å². The highest BCUT2D eigenvalue weighted by molar-refractivity contribution is 5.92. The number of nitrogens with two attached hydrogens (primary N) is 1. The zero-order chi connectivity index (χ0) is 12.3. The van der Waals surface area contributed by atoms with Gasteiger partial charge in [0.15, 0.2) is 5.69 Å². The second-order valence-electron chi connectivity index (χ2n) is 4.40. The molecule has 0 radical (unpaired) electrons. The minimum Gasteiger partial charge on any atom is -0.464 e. The van der Waals surface area contributed by atoms with E-state index in [1.165, 1.54) is 7.11 Å². The maximum Gasteiger partial charge on any atom is 0.360 e. The molecule has 16 heavy (non-hydrogen) atoms. The van der Waals surface area contributed by atoms with E-state index in [2.05, 4.69) is 30.5 Å². The lowest BCUT2D eigenvalue weighted by atomic mass is 9.99. The number of aromatic nitrogens is 2. The van der Waals surface area contributed by atoms with Crippen LogP contribution in [0, 0.1) is 0 Å². The van der Waals surface area contributed by atoms with Gasteiger partial charge in [-0.25, -0.2) is 9.78 Å². The third kappa shape index (κ3) is 2.18. The predicted octanol–water partition coefficient (Wildman–Crippen LogP) is 1.79. The van der Waals surface area contributed by atoms with E-state index in [1.807, 2.05) is 4.57 Å². The van der Waals surface area contributed by atoms with Gasteiger partial charge in [-0.1, -0.05) is 13.3 Å². The molecule has 0 aliphatic carbocycles. The Morgan fingerprint density at radius 3 is 2.75 bits per heavy atom. The third-order valence-corrected chi connectivity index (χ3v) is 2.70. The van der Waals surface area contributed by atoms with Crippen LogP contribution in [0.3, 0.4) is 0 Å². The van der Waals surface area contributed by atoms with Crippen molar-refractivity contribution in [3.05, 3.63) is 12.0 Å². The second-order valence-corrected chi connectivity index (χ2v) is 4.40. The highest BCUT2D eigenvalue weighted by Crippen LogP contribution is 2.26. The molecule has 90 valence electrons. The molecular formula is C11H19N3O2. The van der Waals surface area contributed by atoms with Crippen LogP contribution in [0.4, 0.5) is 5.82 Å².